The molecule has 0 aliphatic heterocycles. The Kier molecular flexibility index (Phi) is 4.37. The maximum atomic E-state index is 12.5. The van der Waals surface area contributed by atoms with Gasteiger partial charge in [0.15, 0.2) is 0 Å². The minimum atomic E-state index is -0.509. The Morgan fingerprint density at radius 1 is 1.42 bits per heavy atom. The van der Waals surface area contributed by atoms with Crippen molar-refractivity contribution in [3.8, 4) is 0 Å². The highest BCUT2D eigenvalue weighted by Crippen LogP contribution is 2.26. The maximum absolute atomic E-state index is 12.5. The van der Waals surface area contributed by atoms with E-state index in [9.17, 15) is 9.59 Å². The third-order valence-electron chi connectivity index (χ3n) is 3.36. The Bertz CT molecular complexity index is 487. The number of pyridine rings is 1. The van der Waals surface area contributed by atoms with E-state index in [1.54, 1.807) is 6.07 Å². The van der Waals surface area contributed by atoms with Gasteiger partial charge in [0, 0.05) is 18.4 Å². The van der Waals surface area contributed by atoms with Crippen molar-refractivity contribution in [3.63, 3.8) is 0 Å². The van der Waals surface area contributed by atoms with Gasteiger partial charge in [-0.15, -0.1) is 0 Å². The molecule has 0 unspecified atom stereocenters. The minimum absolute atomic E-state index is 0.0673. The van der Waals surface area contributed by atoms with Gasteiger partial charge < -0.3 is 10.6 Å². The lowest BCUT2D eigenvalue weighted by Gasteiger charge is -2.28. The van der Waals surface area contributed by atoms with Gasteiger partial charge in [-0.3, -0.25) is 14.6 Å². The predicted octanol–water partition coefficient (Wildman–Crippen LogP) is 1.61. The quantitative estimate of drug-likeness (QED) is 0.911. The zero-order valence-corrected chi connectivity index (χ0v) is 11.3. The first kappa shape index (κ1) is 13.8. The molecule has 0 radical (unpaired) electrons. The normalized spacial score (nSPS) is 15.4. The highest BCUT2D eigenvalue weighted by molar-refractivity contribution is 6.33. The number of hydrogen-bond donors (Lipinski definition) is 1. The highest BCUT2D eigenvalue weighted by Gasteiger charge is 2.29. The number of primary amides is 1. The van der Waals surface area contributed by atoms with Crippen molar-refractivity contribution in [1.82, 2.24) is 9.88 Å². The summed E-state index contributed by atoms with van der Waals surface area (Å²) >= 11 is 5.98. The zero-order chi connectivity index (χ0) is 13.8. The van der Waals surface area contributed by atoms with Crippen LogP contribution in [0.4, 0.5) is 0 Å². The molecule has 19 heavy (non-hydrogen) atoms. The number of nitrogens with zero attached hydrogens (tertiary/aromatic N) is 2. The van der Waals surface area contributed by atoms with Crippen LogP contribution in [0.2, 0.25) is 5.02 Å². The van der Waals surface area contributed by atoms with Crippen molar-refractivity contribution < 1.29 is 9.59 Å². The molecular formula is C13H16ClN3O2. The Morgan fingerprint density at radius 3 is 2.68 bits per heavy atom. The number of rotatable bonds is 4. The second-order valence-corrected chi connectivity index (χ2v) is 5.10. The van der Waals surface area contributed by atoms with E-state index >= 15 is 0 Å². The lowest BCUT2D eigenvalue weighted by Crippen LogP contribution is -2.44. The molecule has 2 N–H and O–H groups in total. The van der Waals surface area contributed by atoms with Crippen molar-refractivity contribution in [3.05, 3.63) is 29.0 Å². The fourth-order valence-electron chi connectivity index (χ4n) is 2.45. The fraction of sp³-hybridized carbons (Fsp3) is 0.462. The average Bonchev–Trinajstić information content (AvgIpc) is 2.89. The summed E-state index contributed by atoms with van der Waals surface area (Å²) in [7, 11) is 0. The van der Waals surface area contributed by atoms with Crippen LogP contribution in [-0.2, 0) is 4.79 Å². The standard InChI is InChI=1S/C13H16ClN3O2/c14-11-7-16-6-5-10(11)13(19)17(8-12(15)18)9-3-1-2-4-9/h5-7,9H,1-4,8H2,(H2,15,18). The van der Waals surface area contributed by atoms with Crippen molar-refractivity contribution >= 4 is 23.4 Å². The first-order chi connectivity index (χ1) is 9.09. The molecule has 0 spiro atoms. The van der Waals surface area contributed by atoms with Gasteiger partial charge in [0.2, 0.25) is 5.91 Å². The van der Waals surface area contributed by atoms with E-state index in [4.69, 9.17) is 17.3 Å². The summed E-state index contributed by atoms with van der Waals surface area (Å²) < 4.78 is 0. The lowest BCUT2D eigenvalue weighted by molar-refractivity contribution is -0.119. The van der Waals surface area contributed by atoms with Crippen LogP contribution in [0, 0.1) is 0 Å². The molecule has 2 rings (SSSR count). The largest absolute Gasteiger partial charge is 0.368 e. The van der Waals surface area contributed by atoms with E-state index in [0.29, 0.717) is 10.6 Å². The van der Waals surface area contributed by atoms with Gasteiger partial charge in [-0.25, -0.2) is 0 Å². The number of nitrogens with two attached hydrogens (primary N) is 1. The topological polar surface area (TPSA) is 76.3 Å². The van der Waals surface area contributed by atoms with E-state index in [0.717, 1.165) is 25.7 Å². The summed E-state index contributed by atoms with van der Waals surface area (Å²) in [6.07, 6.45) is 6.88. The summed E-state index contributed by atoms with van der Waals surface area (Å²) in [5.74, 6) is -0.761. The van der Waals surface area contributed by atoms with Crippen LogP contribution in [0.3, 0.4) is 0 Å². The maximum Gasteiger partial charge on any atom is 0.256 e. The molecule has 0 aromatic carbocycles. The summed E-state index contributed by atoms with van der Waals surface area (Å²) in [6, 6.07) is 1.64. The van der Waals surface area contributed by atoms with E-state index in [1.165, 1.54) is 17.3 Å². The molecule has 1 aromatic heterocycles. The molecule has 1 aromatic rings. The molecule has 0 saturated heterocycles. The number of carbonyl (C=O) groups is 2. The minimum Gasteiger partial charge on any atom is -0.368 e. The highest BCUT2D eigenvalue weighted by atomic mass is 35.5. The summed E-state index contributed by atoms with van der Waals surface area (Å²) in [5.41, 5.74) is 5.60. The third kappa shape index (κ3) is 3.23. The van der Waals surface area contributed by atoms with E-state index in [-0.39, 0.29) is 18.5 Å². The molecule has 1 fully saturated rings. The number of halogens is 1. The number of aromatic nitrogens is 1. The molecule has 1 aliphatic carbocycles. The van der Waals surface area contributed by atoms with E-state index in [1.807, 2.05) is 0 Å². The fourth-order valence-corrected chi connectivity index (χ4v) is 2.65. The molecule has 2 amide bonds. The number of carbonyl (C=O) groups excluding carboxylic acids is 2. The van der Waals surface area contributed by atoms with Crippen molar-refractivity contribution in [2.24, 2.45) is 5.73 Å². The SMILES string of the molecule is NC(=O)CN(C(=O)c1ccncc1Cl)C1CCCC1. The van der Waals surface area contributed by atoms with E-state index in [2.05, 4.69) is 4.98 Å². The molecule has 1 heterocycles. The van der Waals surface area contributed by atoms with E-state index < -0.39 is 5.91 Å². The predicted molar refractivity (Wildman–Crippen MR) is 71.7 cm³/mol. The molecule has 0 bridgehead atoms. The molecule has 1 aliphatic rings. The molecule has 6 heteroatoms. The first-order valence-electron chi connectivity index (χ1n) is 6.28. The Morgan fingerprint density at radius 2 is 2.11 bits per heavy atom. The molecule has 102 valence electrons. The Balaban J connectivity index is 2.24. The van der Waals surface area contributed by atoms with Gasteiger partial charge in [-0.2, -0.15) is 0 Å². The molecular weight excluding hydrogens is 266 g/mol. The van der Waals surface area contributed by atoms with Crippen LogP contribution in [0.5, 0.6) is 0 Å². The van der Waals surface area contributed by atoms with Gasteiger partial charge in [-0.1, -0.05) is 24.4 Å². The number of amides is 2. The third-order valence-corrected chi connectivity index (χ3v) is 3.66. The van der Waals surface area contributed by atoms with Gasteiger partial charge in [-0.05, 0) is 18.9 Å². The second-order valence-electron chi connectivity index (χ2n) is 4.69. The van der Waals surface area contributed by atoms with Crippen LogP contribution in [-0.4, -0.2) is 34.3 Å². The zero-order valence-electron chi connectivity index (χ0n) is 10.5. The van der Waals surface area contributed by atoms with Crippen LogP contribution in [0.15, 0.2) is 18.5 Å². The summed E-state index contributed by atoms with van der Waals surface area (Å²) in [6.45, 7) is -0.0673. The second kappa shape index (κ2) is 6.02. The Labute approximate surface area is 116 Å². The molecule has 1 saturated carbocycles. The van der Waals surface area contributed by atoms with Gasteiger partial charge in [0.25, 0.3) is 5.91 Å². The molecule has 5 nitrogen and oxygen atoms in total. The average molecular weight is 282 g/mol. The van der Waals surface area contributed by atoms with Crippen LogP contribution >= 0.6 is 11.6 Å². The monoisotopic (exact) mass is 281 g/mol. The van der Waals surface area contributed by atoms with Gasteiger partial charge in [0.05, 0.1) is 17.1 Å². The van der Waals surface area contributed by atoms with Crippen molar-refractivity contribution in [1.29, 1.82) is 0 Å². The summed E-state index contributed by atoms with van der Waals surface area (Å²) in [5, 5.41) is 0.292. The van der Waals surface area contributed by atoms with Crippen LogP contribution in [0.25, 0.3) is 0 Å². The lowest BCUT2D eigenvalue weighted by atomic mass is 10.1. The molecule has 0 atom stereocenters. The van der Waals surface area contributed by atoms with Crippen LogP contribution < -0.4 is 5.73 Å². The smallest absolute Gasteiger partial charge is 0.256 e. The van der Waals surface area contributed by atoms with Crippen molar-refractivity contribution in [2.75, 3.05) is 6.54 Å². The first-order valence-corrected chi connectivity index (χ1v) is 6.66. The van der Waals surface area contributed by atoms with Crippen molar-refractivity contribution in [2.45, 2.75) is 31.7 Å². The van der Waals surface area contributed by atoms with Crippen LogP contribution in [0.1, 0.15) is 36.0 Å². The van der Waals surface area contributed by atoms with Gasteiger partial charge >= 0.3 is 0 Å². The summed E-state index contributed by atoms with van der Waals surface area (Å²) in [4.78, 5) is 29.1. The Hall–Kier alpha value is -1.62. The van der Waals surface area contributed by atoms with Gasteiger partial charge in [0.1, 0.15) is 0 Å². The number of hydrogen-bond acceptors (Lipinski definition) is 3.